The molecular formula is C10H21NO2. The van der Waals surface area contributed by atoms with E-state index in [1.807, 2.05) is 7.05 Å². The van der Waals surface area contributed by atoms with Crippen molar-refractivity contribution in [1.82, 2.24) is 5.32 Å². The van der Waals surface area contributed by atoms with Gasteiger partial charge in [-0.1, -0.05) is 0 Å². The molecule has 0 bridgehead atoms. The van der Waals surface area contributed by atoms with Crippen molar-refractivity contribution >= 4 is 0 Å². The zero-order valence-corrected chi connectivity index (χ0v) is 8.71. The summed E-state index contributed by atoms with van der Waals surface area (Å²) >= 11 is 0. The van der Waals surface area contributed by atoms with Gasteiger partial charge in [-0.05, 0) is 33.2 Å². The van der Waals surface area contributed by atoms with Crippen molar-refractivity contribution < 1.29 is 9.47 Å². The Morgan fingerprint density at radius 1 is 1.62 bits per heavy atom. The van der Waals surface area contributed by atoms with Gasteiger partial charge in [0.15, 0.2) is 0 Å². The van der Waals surface area contributed by atoms with Crippen molar-refractivity contribution in [2.75, 3.05) is 26.9 Å². The van der Waals surface area contributed by atoms with Crippen LogP contribution >= 0.6 is 0 Å². The molecule has 13 heavy (non-hydrogen) atoms. The van der Waals surface area contributed by atoms with Gasteiger partial charge in [0.05, 0.1) is 12.7 Å². The molecule has 2 atom stereocenters. The highest BCUT2D eigenvalue weighted by Crippen LogP contribution is 2.11. The molecule has 1 heterocycles. The Balaban J connectivity index is 1.88. The number of hydrogen-bond acceptors (Lipinski definition) is 3. The minimum Gasteiger partial charge on any atom is -0.379 e. The average molecular weight is 187 g/mol. The minimum atomic E-state index is 0.366. The topological polar surface area (TPSA) is 30.5 Å². The number of rotatable bonds is 6. The van der Waals surface area contributed by atoms with E-state index in [-0.39, 0.29) is 0 Å². The first-order valence-electron chi connectivity index (χ1n) is 5.19. The van der Waals surface area contributed by atoms with Crippen LogP contribution in [-0.4, -0.2) is 39.0 Å². The Labute approximate surface area is 80.8 Å². The maximum absolute atomic E-state index is 5.53. The molecule has 0 aromatic heterocycles. The molecule has 0 amide bonds. The molecule has 1 aliphatic rings. The molecule has 3 heteroatoms. The predicted octanol–water partition coefficient (Wildman–Crippen LogP) is 1.18. The van der Waals surface area contributed by atoms with E-state index in [0.29, 0.717) is 12.1 Å². The number of hydrogen-bond donors (Lipinski definition) is 1. The summed E-state index contributed by atoms with van der Waals surface area (Å²) < 4.78 is 11.0. The van der Waals surface area contributed by atoms with Gasteiger partial charge in [0.1, 0.15) is 0 Å². The average Bonchev–Trinajstić information content (AvgIpc) is 2.64. The lowest BCUT2D eigenvalue weighted by molar-refractivity contribution is 0.0151. The highest BCUT2D eigenvalue weighted by atomic mass is 16.5. The predicted molar refractivity (Wildman–Crippen MR) is 52.9 cm³/mol. The van der Waals surface area contributed by atoms with Crippen LogP contribution in [0, 0.1) is 0 Å². The number of ether oxygens (including phenoxy) is 2. The van der Waals surface area contributed by atoms with Crippen LogP contribution in [0.1, 0.15) is 26.2 Å². The lowest BCUT2D eigenvalue weighted by atomic mass is 10.2. The molecule has 0 aliphatic carbocycles. The molecule has 1 aliphatic heterocycles. The van der Waals surface area contributed by atoms with Gasteiger partial charge in [-0.2, -0.15) is 0 Å². The fourth-order valence-electron chi connectivity index (χ4n) is 1.40. The number of nitrogens with one attached hydrogen (secondary N) is 1. The van der Waals surface area contributed by atoms with E-state index >= 15 is 0 Å². The van der Waals surface area contributed by atoms with E-state index in [9.17, 15) is 0 Å². The van der Waals surface area contributed by atoms with E-state index in [2.05, 4.69) is 12.2 Å². The molecule has 1 fully saturated rings. The molecule has 1 N–H and O–H groups in total. The molecule has 1 saturated heterocycles. The van der Waals surface area contributed by atoms with Gasteiger partial charge in [-0.3, -0.25) is 0 Å². The summed E-state index contributed by atoms with van der Waals surface area (Å²) in [6, 6.07) is 0.546. The van der Waals surface area contributed by atoms with Crippen LogP contribution in [-0.2, 0) is 9.47 Å². The Bertz CT molecular complexity index is 124. The van der Waals surface area contributed by atoms with Gasteiger partial charge >= 0.3 is 0 Å². The maximum atomic E-state index is 5.53. The van der Waals surface area contributed by atoms with Crippen molar-refractivity contribution in [3.63, 3.8) is 0 Å². The molecule has 0 radical (unpaired) electrons. The molecule has 1 rings (SSSR count). The first kappa shape index (κ1) is 11.0. The summed E-state index contributed by atoms with van der Waals surface area (Å²) in [6.45, 7) is 4.69. The first-order valence-corrected chi connectivity index (χ1v) is 5.19. The summed E-state index contributed by atoms with van der Waals surface area (Å²) in [6.07, 6.45) is 3.80. The van der Waals surface area contributed by atoms with Crippen LogP contribution in [0.3, 0.4) is 0 Å². The van der Waals surface area contributed by atoms with Crippen LogP contribution in [0.2, 0.25) is 0 Å². The third kappa shape index (κ3) is 4.60. The van der Waals surface area contributed by atoms with Gasteiger partial charge < -0.3 is 14.8 Å². The van der Waals surface area contributed by atoms with E-state index in [0.717, 1.165) is 26.2 Å². The molecule has 2 unspecified atom stereocenters. The van der Waals surface area contributed by atoms with Gasteiger partial charge in [-0.15, -0.1) is 0 Å². The van der Waals surface area contributed by atoms with Crippen LogP contribution < -0.4 is 5.32 Å². The van der Waals surface area contributed by atoms with E-state index in [1.54, 1.807) is 0 Å². The van der Waals surface area contributed by atoms with Crippen LogP contribution in [0.15, 0.2) is 0 Å². The van der Waals surface area contributed by atoms with Crippen molar-refractivity contribution in [1.29, 1.82) is 0 Å². The molecule has 0 saturated carbocycles. The first-order chi connectivity index (χ1) is 6.33. The van der Waals surface area contributed by atoms with E-state index in [4.69, 9.17) is 9.47 Å². The summed E-state index contributed by atoms with van der Waals surface area (Å²) in [4.78, 5) is 0. The Morgan fingerprint density at radius 3 is 3.08 bits per heavy atom. The molecule has 78 valence electrons. The van der Waals surface area contributed by atoms with Crippen LogP contribution in [0.5, 0.6) is 0 Å². The van der Waals surface area contributed by atoms with Gasteiger partial charge in [0.25, 0.3) is 0 Å². The zero-order chi connectivity index (χ0) is 9.52. The van der Waals surface area contributed by atoms with E-state index < -0.39 is 0 Å². The Kier molecular flexibility index (Phi) is 5.35. The summed E-state index contributed by atoms with van der Waals surface area (Å²) in [5.41, 5.74) is 0. The van der Waals surface area contributed by atoms with Crippen molar-refractivity contribution in [3.8, 4) is 0 Å². The maximum Gasteiger partial charge on any atom is 0.0809 e. The minimum absolute atomic E-state index is 0.366. The fraction of sp³-hybridized carbons (Fsp3) is 1.00. The molecule has 0 spiro atoms. The highest BCUT2D eigenvalue weighted by Gasteiger charge is 2.14. The lowest BCUT2D eigenvalue weighted by Crippen LogP contribution is -2.24. The third-order valence-electron chi connectivity index (χ3n) is 2.52. The summed E-state index contributed by atoms with van der Waals surface area (Å²) in [7, 11) is 1.98. The van der Waals surface area contributed by atoms with Crippen LogP contribution in [0.4, 0.5) is 0 Å². The molecule has 0 aromatic carbocycles. The normalized spacial score (nSPS) is 24.9. The van der Waals surface area contributed by atoms with Crippen molar-refractivity contribution in [2.45, 2.75) is 38.3 Å². The second-order valence-electron chi connectivity index (χ2n) is 3.69. The van der Waals surface area contributed by atoms with E-state index in [1.165, 1.54) is 12.8 Å². The SMILES string of the molecule is CNC(C)CCOCC1CCCO1. The Morgan fingerprint density at radius 2 is 2.46 bits per heavy atom. The monoisotopic (exact) mass is 187 g/mol. The smallest absolute Gasteiger partial charge is 0.0809 e. The van der Waals surface area contributed by atoms with Gasteiger partial charge in [0, 0.05) is 19.3 Å². The Hall–Kier alpha value is -0.120. The quantitative estimate of drug-likeness (QED) is 0.633. The largest absolute Gasteiger partial charge is 0.379 e. The van der Waals surface area contributed by atoms with Gasteiger partial charge in [-0.25, -0.2) is 0 Å². The van der Waals surface area contributed by atoms with Gasteiger partial charge in [0.2, 0.25) is 0 Å². The molecule has 3 nitrogen and oxygen atoms in total. The van der Waals surface area contributed by atoms with Crippen LogP contribution in [0.25, 0.3) is 0 Å². The molecular weight excluding hydrogens is 166 g/mol. The zero-order valence-electron chi connectivity index (χ0n) is 8.71. The van der Waals surface area contributed by atoms with Crippen molar-refractivity contribution in [3.05, 3.63) is 0 Å². The second kappa shape index (κ2) is 6.35. The second-order valence-corrected chi connectivity index (χ2v) is 3.69. The highest BCUT2D eigenvalue weighted by molar-refractivity contribution is 4.63. The summed E-state index contributed by atoms with van der Waals surface area (Å²) in [5, 5.41) is 3.18. The standard InChI is InChI=1S/C10H21NO2/c1-9(11-2)5-7-12-8-10-4-3-6-13-10/h9-11H,3-8H2,1-2H3. The summed E-state index contributed by atoms with van der Waals surface area (Å²) in [5.74, 6) is 0. The fourth-order valence-corrected chi connectivity index (χ4v) is 1.40. The van der Waals surface area contributed by atoms with Crippen molar-refractivity contribution in [2.24, 2.45) is 0 Å². The molecule has 0 aromatic rings. The lowest BCUT2D eigenvalue weighted by Gasteiger charge is -2.12. The third-order valence-corrected chi connectivity index (χ3v) is 2.52.